The fraction of sp³-hybridized carbons (Fsp3) is 0.357. The first-order chi connectivity index (χ1) is 17.0. The molecule has 0 bridgehead atoms. The van der Waals surface area contributed by atoms with Gasteiger partial charge in [-0.15, -0.1) is 11.6 Å². The number of amides is 2. The summed E-state index contributed by atoms with van der Waals surface area (Å²) in [6, 6.07) is 23.1. The smallest absolute Gasteiger partial charge is 0.245 e. The van der Waals surface area contributed by atoms with Gasteiger partial charge in [-0.2, -0.15) is 0 Å². The van der Waals surface area contributed by atoms with E-state index in [1.54, 1.807) is 9.80 Å². The number of benzene rings is 2. The van der Waals surface area contributed by atoms with Crippen LogP contribution in [-0.4, -0.2) is 52.5 Å². The van der Waals surface area contributed by atoms with Crippen molar-refractivity contribution in [2.75, 3.05) is 26.3 Å². The van der Waals surface area contributed by atoms with E-state index in [-0.39, 0.29) is 18.4 Å². The second-order valence-electron chi connectivity index (χ2n) is 8.43. The molecule has 0 spiro atoms. The number of nitrogens with zero attached hydrogens (tertiary/aromatic N) is 3. The van der Waals surface area contributed by atoms with Crippen LogP contribution in [0, 0.1) is 0 Å². The third kappa shape index (κ3) is 7.98. The number of hydrogen-bond donors (Lipinski definition) is 0. The van der Waals surface area contributed by atoms with Gasteiger partial charge in [-0.3, -0.25) is 9.59 Å². The monoisotopic (exact) mass is 495 g/mol. The Bertz CT molecular complexity index is 1060. The number of alkyl halides is 1. The minimum Gasteiger partial charge on any atom is -0.382 e. The molecule has 3 rings (SSSR count). The standard InChI is InChI=1S/C28H34ClN3O3/c1-3-35-19-11-18-31(28(34)27(29)24-14-8-5-9-15-24)22-26(33)32(20-23-12-6-4-7-13-23)21-25-16-10-17-30(25)2/h4-10,12-17,27H,3,11,18-22H2,1-2H3. The third-order valence-electron chi connectivity index (χ3n) is 5.84. The SMILES string of the molecule is CCOCCCN(CC(=O)N(Cc1ccccc1)Cc1cccn1C)C(=O)C(Cl)c1ccccc1. The molecule has 0 aliphatic carbocycles. The van der Waals surface area contributed by atoms with E-state index in [0.29, 0.717) is 44.8 Å². The Hall–Kier alpha value is -3.09. The predicted octanol–water partition coefficient (Wildman–Crippen LogP) is 4.79. The van der Waals surface area contributed by atoms with Gasteiger partial charge >= 0.3 is 0 Å². The highest BCUT2D eigenvalue weighted by molar-refractivity contribution is 6.30. The lowest BCUT2D eigenvalue weighted by Crippen LogP contribution is -2.44. The van der Waals surface area contributed by atoms with Crippen LogP contribution in [0.1, 0.15) is 35.5 Å². The largest absolute Gasteiger partial charge is 0.382 e. The van der Waals surface area contributed by atoms with Crippen molar-refractivity contribution in [3.05, 3.63) is 95.8 Å². The van der Waals surface area contributed by atoms with Crippen molar-refractivity contribution in [3.63, 3.8) is 0 Å². The Labute approximate surface area is 213 Å². The van der Waals surface area contributed by atoms with Gasteiger partial charge in [-0.25, -0.2) is 0 Å². The van der Waals surface area contributed by atoms with Gasteiger partial charge in [-0.05, 0) is 36.6 Å². The van der Waals surface area contributed by atoms with Crippen molar-refractivity contribution >= 4 is 23.4 Å². The molecule has 0 fully saturated rings. The summed E-state index contributed by atoms with van der Waals surface area (Å²) >= 11 is 6.57. The van der Waals surface area contributed by atoms with Crippen LogP contribution in [0.25, 0.3) is 0 Å². The van der Waals surface area contributed by atoms with Crippen LogP contribution in [0.15, 0.2) is 79.0 Å². The first kappa shape index (κ1) is 26.5. The molecule has 1 atom stereocenters. The molecule has 3 aromatic rings. The molecule has 0 aliphatic rings. The second kappa shape index (κ2) is 13.7. The van der Waals surface area contributed by atoms with Gasteiger partial charge in [-0.1, -0.05) is 60.7 Å². The normalized spacial score (nSPS) is 11.7. The van der Waals surface area contributed by atoms with Crippen molar-refractivity contribution in [1.82, 2.24) is 14.4 Å². The molecule has 1 aromatic heterocycles. The van der Waals surface area contributed by atoms with Gasteiger partial charge < -0.3 is 19.1 Å². The zero-order valence-electron chi connectivity index (χ0n) is 20.5. The Morgan fingerprint density at radius 1 is 0.943 bits per heavy atom. The zero-order valence-corrected chi connectivity index (χ0v) is 21.2. The van der Waals surface area contributed by atoms with Crippen LogP contribution in [-0.2, 0) is 34.5 Å². The van der Waals surface area contributed by atoms with Gasteiger partial charge in [0.15, 0.2) is 0 Å². The van der Waals surface area contributed by atoms with E-state index in [1.807, 2.05) is 97.5 Å². The van der Waals surface area contributed by atoms with E-state index < -0.39 is 5.38 Å². The van der Waals surface area contributed by atoms with Crippen molar-refractivity contribution in [3.8, 4) is 0 Å². The molecular formula is C28H34ClN3O3. The summed E-state index contributed by atoms with van der Waals surface area (Å²) in [5.41, 5.74) is 2.76. The number of aryl methyl sites for hydroxylation is 1. The predicted molar refractivity (Wildman–Crippen MR) is 139 cm³/mol. The number of hydrogen-bond acceptors (Lipinski definition) is 3. The third-order valence-corrected chi connectivity index (χ3v) is 6.28. The molecule has 2 amide bonds. The van der Waals surface area contributed by atoms with Crippen molar-refractivity contribution in [2.24, 2.45) is 7.05 Å². The zero-order chi connectivity index (χ0) is 25.0. The molecular weight excluding hydrogens is 462 g/mol. The minimum absolute atomic E-state index is 0.0434. The number of rotatable bonds is 13. The fourth-order valence-electron chi connectivity index (χ4n) is 3.85. The number of halogens is 1. The highest BCUT2D eigenvalue weighted by Crippen LogP contribution is 2.23. The van der Waals surface area contributed by atoms with Crippen molar-refractivity contribution < 1.29 is 14.3 Å². The molecule has 7 heteroatoms. The lowest BCUT2D eigenvalue weighted by atomic mass is 10.1. The summed E-state index contributed by atoms with van der Waals surface area (Å²) in [5.74, 6) is -0.405. The molecule has 6 nitrogen and oxygen atoms in total. The van der Waals surface area contributed by atoms with E-state index in [4.69, 9.17) is 16.3 Å². The van der Waals surface area contributed by atoms with Crippen LogP contribution in [0.2, 0.25) is 0 Å². The highest BCUT2D eigenvalue weighted by Gasteiger charge is 2.27. The van der Waals surface area contributed by atoms with E-state index in [1.165, 1.54) is 0 Å². The average Bonchev–Trinajstić information content (AvgIpc) is 3.29. The average molecular weight is 496 g/mol. The molecule has 186 valence electrons. The lowest BCUT2D eigenvalue weighted by molar-refractivity contribution is -0.141. The maximum absolute atomic E-state index is 13.6. The second-order valence-corrected chi connectivity index (χ2v) is 8.87. The molecule has 0 N–H and O–H groups in total. The maximum Gasteiger partial charge on any atom is 0.245 e. The topological polar surface area (TPSA) is 54.8 Å². The maximum atomic E-state index is 13.6. The van der Waals surface area contributed by atoms with E-state index in [2.05, 4.69) is 0 Å². The summed E-state index contributed by atoms with van der Waals surface area (Å²) in [7, 11) is 1.96. The van der Waals surface area contributed by atoms with Crippen molar-refractivity contribution in [1.29, 1.82) is 0 Å². The number of carbonyl (C=O) groups excluding carboxylic acids is 2. The number of carbonyl (C=O) groups is 2. The van der Waals surface area contributed by atoms with Crippen LogP contribution in [0.4, 0.5) is 0 Å². The summed E-state index contributed by atoms with van der Waals surface area (Å²) in [6.45, 7) is 4.31. The van der Waals surface area contributed by atoms with E-state index in [0.717, 1.165) is 11.3 Å². The summed E-state index contributed by atoms with van der Waals surface area (Å²) < 4.78 is 7.45. The van der Waals surface area contributed by atoms with Gasteiger partial charge in [0.25, 0.3) is 0 Å². The molecule has 0 saturated carbocycles. The quantitative estimate of drug-likeness (QED) is 0.253. The molecule has 1 unspecified atom stereocenters. The van der Waals surface area contributed by atoms with Crippen LogP contribution in [0.3, 0.4) is 0 Å². The minimum atomic E-state index is -0.855. The van der Waals surface area contributed by atoms with Gasteiger partial charge in [0.05, 0.1) is 13.1 Å². The summed E-state index contributed by atoms with van der Waals surface area (Å²) in [6.07, 6.45) is 2.59. The Kier molecular flexibility index (Phi) is 10.4. The fourth-order valence-corrected chi connectivity index (χ4v) is 4.13. The summed E-state index contributed by atoms with van der Waals surface area (Å²) in [5, 5.41) is -0.855. The van der Waals surface area contributed by atoms with Gasteiger partial charge in [0.2, 0.25) is 11.8 Å². The van der Waals surface area contributed by atoms with Crippen LogP contribution in [0.5, 0.6) is 0 Å². The van der Waals surface area contributed by atoms with Crippen LogP contribution < -0.4 is 0 Å². The van der Waals surface area contributed by atoms with Crippen molar-refractivity contribution in [2.45, 2.75) is 31.8 Å². The number of aromatic nitrogens is 1. The lowest BCUT2D eigenvalue weighted by Gasteiger charge is -2.29. The first-order valence-electron chi connectivity index (χ1n) is 12.0. The van der Waals surface area contributed by atoms with Gasteiger partial charge in [0.1, 0.15) is 5.38 Å². The molecule has 2 aromatic carbocycles. The summed E-state index contributed by atoms with van der Waals surface area (Å²) in [4.78, 5) is 30.3. The molecule has 0 radical (unpaired) electrons. The molecule has 0 saturated heterocycles. The van der Waals surface area contributed by atoms with Gasteiger partial charge in [0, 0.05) is 45.2 Å². The molecule has 1 heterocycles. The Morgan fingerprint density at radius 3 is 2.26 bits per heavy atom. The molecule has 0 aliphatic heterocycles. The first-order valence-corrected chi connectivity index (χ1v) is 12.4. The molecule has 35 heavy (non-hydrogen) atoms. The Balaban J connectivity index is 1.78. The van der Waals surface area contributed by atoms with E-state index >= 15 is 0 Å². The van der Waals surface area contributed by atoms with Crippen LogP contribution >= 0.6 is 11.6 Å². The number of ether oxygens (including phenoxy) is 1. The highest BCUT2D eigenvalue weighted by atomic mass is 35.5. The Morgan fingerprint density at radius 2 is 1.63 bits per heavy atom. The van der Waals surface area contributed by atoms with E-state index in [9.17, 15) is 9.59 Å².